The number of hydrogen-bond acceptors (Lipinski definition) is 7. The minimum atomic E-state index is -3.03. The topological polar surface area (TPSA) is 108 Å². The van der Waals surface area contributed by atoms with Crippen LogP contribution in [0.15, 0.2) is 35.3 Å². The number of fused-ring (bicyclic) bond motifs is 1. The van der Waals surface area contributed by atoms with Crippen LogP contribution in [0.1, 0.15) is 31.0 Å². The molecule has 0 bridgehead atoms. The zero-order valence-corrected chi connectivity index (χ0v) is 18.8. The number of nitrogens with zero attached hydrogens (tertiary/aromatic N) is 3. The molecule has 2 aromatic rings. The molecule has 0 saturated carbocycles. The number of amidine groups is 1. The zero-order valence-electron chi connectivity index (χ0n) is 17.1. The van der Waals surface area contributed by atoms with Gasteiger partial charge in [-0.15, -0.1) is 0 Å². The first-order valence-corrected chi connectivity index (χ1v) is 12.5. The number of aliphatic imine (C=N–C) groups is 1. The molecule has 0 radical (unpaired) electrons. The third-order valence-corrected chi connectivity index (χ3v) is 8.43. The van der Waals surface area contributed by atoms with Crippen molar-refractivity contribution in [2.24, 2.45) is 4.99 Å². The van der Waals surface area contributed by atoms with Crippen molar-refractivity contribution in [1.82, 2.24) is 10.2 Å². The Hall–Kier alpha value is -2.33. The van der Waals surface area contributed by atoms with Crippen molar-refractivity contribution in [3.63, 3.8) is 0 Å². The number of aromatic amines is 1. The molecule has 2 aliphatic heterocycles. The van der Waals surface area contributed by atoms with E-state index in [2.05, 4.69) is 34.4 Å². The first-order chi connectivity index (χ1) is 14.2. The smallest absolute Gasteiger partial charge is 0.245 e. The Bertz CT molecular complexity index is 1080. The minimum absolute atomic E-state index is 0.0605. The van der Waals surface area contributed by atoms with Gasteiger partial charge in [0.1, 0.15) is 6.54 Å². The highest BCUT2D eigenvalue weighted by molar-refractivity contribution is 8.15. The molecule has 0 aliphatic carbocycles. The van der Waals surface area contributed by atoms with Crippen LogP contribution in [-0.4, -0.2) is 59.0 Å². The number of amides is 1. The van der Waals surface area contributed by atoms with E-state index in [9.17, 15) is 13.2 Å². The lowest BCUT2D eigenvalue weighted by atomic mass is 10.0. The molecule has 3 heterocycles. The van der Waals surface area contributed by atoms with E-state index in [-0.39, 0.29) is 35.2 Å². The summed E-state index contributed by atoms with van der Waals surface area (Å²) < 4.78 is 23.8. The molecule has 2 atom stereocenters. The van der Waals surface area contributed by atoms with Crippen molar-refractivity contribution in [3.05, 3.63) is 41.6 Å². The molecule has 0 unspecified atom stereocenters. The normalized spacial score (nSPS) is 22.1. The van der Waals surface area contributed by atoms with Crippen molar-refractivity contribution in [3.8, 4) is 0 Å². The maximum absolute atomic E-state index is 12.7. The van der Waals surface area contributed by atoms with E-state index in [4.69, 9.17) is 0 Å². The van der Waals surface area contributed by atoms with E-state index in [0.717, 1.165) is 11.4 Å². The van der Waals surface area contributed by atoms with Crippen LogP contribution in [0.5, 0.6) is 0 Å². The van der Waals surface area contributed by atoms with Crippen molar-refractivity contribution in [2.75, 3.05) is 28.3 Å². The van der Waals surface area contributed by atoms with Crippen LogP contribution in [0.4, 0.5) is 11.5 Å². The molecule has 160 valence electrons. The molecule has 2 aliphatic rings. The number of hydrogen-bond donors (Lipinski definition) is 2. The third-order valence-electron chi connectivity index (χ3n) is 5.18. The Kier molecular flexibility index (Phi) is 5.63. The predicted molar refractivity (Wildman–Crippen MR) is 121 cm³/mol. The number of aryl methyl sites for hydroxylation is 1. The second-order valence-electron chi connectivity index (χ2n) is 8.03. The maximum Gasteiger partial charge on any atom is 0.245 e. The van der Waals surface area contributed by atoms with Crippen LogP contribution in [0.3, 0.4) is 0 Å². The van der Waals surface area contributed by atoms with E-state index in [1.54, 1.807) is 6.07 Å². The van der Waals surface area contributed by atoms with E-state index in [1.165, 1.54) is 17.3 Å². The highest BCUT2D eigenvalue weighted by Crippen LogP contribution is 2.37. The number of thioether (sulfide) groups is 1. The summed E-state index contributed by atoms with van der Waals surface area (Å²) in [6.45, 7) is 6.18. The highest BCUT2D eigenvalue weighted by atomic mass is 32.2. The molecule has 1 aromatic carbocycles. The van der Waals surface area contributed by atoms with Gasteiger partial charge in [-0.1, -0.05) is 37.7 Å². The van der Waals surface area contributed by atoms with E-state index in [1.807, 2.05) is 36.1 Å². The number of anilines is 2. The van der Waals surface area contributed by atoms with Gasteiger partial charge < -0.3 is 10.2 Å². The summed E-state index contributed by atoms with van der Waals surface area (Å²) in [7, 11) is -3.03. The molecule has 8 nitrogen and oxygen atoms in total. The highest BCUT2D eigenvalue weighted by Gasteiger charge is 2.44. The maximum atomic E-state index is 12.7. The van der Waals surface area contributed by atoms with Gasteiger partial charge in [0.15, 0.2) is 20.8 Å². The summed E-state index contributed by atoms with van der Waals surface area (Å²) in [6, 6.07) is 9.58. The van der Waals surface area contributed by atoms with E-state index >= 15 is 0 Å². The van der Waals surface area contributed by atoms with Gasteiger partial charge in [-0.3, -0.25) is 14.9 Å². The Morgan fingerprint density at radius 3 is 2.63 bits per heavy atom. The lowest BCUT2D eigenvalue weighted by Crippen LogP contribution is -2.36. The number of sulfone groups is 1. The van der Waals surface area contributed by atoms with Crippen LogP contribution in [0, 0.1) is 6.92 Å². The molecular formula is C20H25N5O3S2. The standard InChI is InChI=1S/C20H25N5O3S2/c1-12(2)14-4-6-15(7-5-14)25(9-19(26)22-18-8-13(3)23-24-18)20-21-16-10-30(27,28)11-17(16)29-20/h4-8,12,16-17H,9-11H2,1-3H3,(H2,22,23,24,26)/t16-,17+/m0/s1. The second kappa shape index (κ2) is 8.07. The minimum Gasteiger partial charge on any atom is -0.312 e. The van der Waals surface area contributed by atoms with Gasteiger partial charge in [-0.25, -0.2) is 8.42 Å². The molecule has 0 spiro atoms. The van der Waals surface area contributed by atoms with Crippen LogP contribution in [0.25, 0.3) is 0 Å². The lowest BCUT2D eigenvalue weighted by molar-refractivity contribution is -0.114. The van der Waals surface area contributed by atoms with Crippen molar-refractivity contribution in [2.45, 2.75) is 38.0 Å². The first kappa shape index (κ1) is 20.9. The largest absolute Gasteiger partial charge is 0.312 e. The van der Waals surface area contributed by atoms with Crippen molar-refractivity contribution >= 4 is 44.2 Å². The fourth-order valence-corrected chi connectivity index (χ4v) is 7.37. The third kappa shape index (κ3) is 4.54. The van der Waals surface area contributed by atoms with Crippen molar-refractivity contribution in [1.29, 1.82) is 0 Å². The quantitative estimate of drug-likeness (QED) is 0.729. The number of rotatable bonds is 5. The summed E-state index contributed by atoms with van der Waals surface area (Å²) in [4.78, 5) is 19.2. The summed E-state index contributed by atoms with van der Waals surface area (Å²) in [6.07, 6.45) is 0. The van der Waals surface area contributed by atoms with Gasteiger partial charge in [0.25, 0.3) is 0 Å². The van der Waals surface area contributed by atoms with E-state index in [0.29, 0.717) is 16.9 Å². The monoisotopic (exact) mass is 447 g/mol. The Morgan fingerprint density at radius 1 is 1.30 bits per heavy atom. The number of carbonyl (C=O) groups excluding carboxylic acids is 1. The number of aromatic nitrogens is 2. The number of carbonyl (C=O) groups is 1. The Balaban J connectivity index is 1.57. The van der Waals surface area contributed by atoms with Crippen LogP contribution < -0.4 is 10.2 Å². The van der Waals surface area contributed by atoms with Gasteiger partial charge >= 0.3 is 0 Å². The summed E-state index contributed by atoms with van der Waals surface area (Å²) in [5.41, 5.74) is 2.91. The number of benzene rings is 1. The van der Waals surface area contributed by atoms with Crippen LogP contribution in [-0.2, 0) is 14.6 Å². The molecule has 10 heteroatoms. The molecule has 4 rings (SSSR count). The average molecular weight is 448 g/mol. The molecule has 1 aromatic heterocycles. The molecule has 1 saturated heterocycles. The molecular weight excluding hydrogens is 422 g/mol. The Morgan fingerprint density at radius 2 is 2.03 bits per heavy atom. The van der Waals surface area contributed by atoms with E-state index < -0.39 is 9.84 Å². The second-order valence-corrected chi connectivity index (χ2v) is 11.4. The fourth-order valence-electron chi connectivity index (χ4n) is 3.59. The SMILES string of the molecule is Cc1cc(NC(=O)CN(C2=N[C@H]3CS(=O)(=O)C[C@H]3S2)c2ccc(C(C)C)cc2)n[nH]1. The van der Waals surface area contributed by atoms with Gasteiger partial charge in [0.2, 0.25) is 5.91 Å². The van der Waals surface area contributed by atoms with Crippen molar-refractivity contribution < 1.29 is 13.2 Å². The first-order valence-electron chi connectivity index (χ1n) is 9.84. The van der Waals surface area contributed by atoms with Crippen LogP contribution >= 0.6 is 11.8 Å². The molecule has 1 fully saturated rings. The fraction of sp³-hybridized carbons (Fsp3) is 0.450. The molecule has 2 N–H and O–H groups in total. The average Bonchev–Trinajstić information content (AvgIpc) is 3.32. The number of nitrogens with one attached hydrogen (secondary N) is 2. The molecule has 30 heavy (non-hydrogen) atoms. The Labute approximate surface area is 180 Å². The van der Waals surface area contributed by atoms with Gasteiger partial charge in [0, 0.05) is 22.7 Å². The van der Waals surface area contributed by atoms with Gasteiger partial charge in [0.05, 0.1) is 17.5 Å². The number of H-pyrrole nitrogens is 1. The zero-order chi connectivity index (χ0) is 21.5. The summed E-state index contributed by atoms with van der Waals surface area (Å²) in [5.74, 6) is 0.863. The van der Waals surface area contributed by atoms with Gasteiger partial charge in [-0.05, 0) is 30.5 Å². The summed E-state index contributed by atoms with van der Waals surface area (Å²) in [5, 5.41) is 10.2. The lowest BCUT2D eigenvalue weighted by Gasteiger charge is -2.24. The van der Waals surface area contributed by atoms with Gasteiger partial charge in [-0.2, -0.15) is 5.10 Å². The van der Waals surface area contributed by atoms with Crippen LogP contribution in [0.2, 0.25) is 0 Å². The summed E-state index contributed by atoms with van der Waals surface area (Å²) >= 11 is 1.44. The molecule has 1 amide bonds. The predicted octanol–water partition coefficient (Wildman–Crippen LogP) is 2.56.